The molecular formula is C16H21N3O4. The largest absolute Gasteiger partial charge is 0.481 e. The normalized spacial score (nSPS) is 19.2. The van der Waals surface area contributed by atoms with Gasteiger partial charge in [0, 0.05) is 17.8 Å². The predicted molar refractivity (Wildman–Crippen MR) is 87.4 cm³/mol. The molecular weight excluding hydrogens is 298 g/mol. The van der Waals surface area contributed by atoms with Crippen molar-refractivity contribution < 1.29 is 19.8 Å². The summed E-state index contributed by atoms with van der Waals surface area (Å²) in [5, 5.41) is 17.5. The number of hydrogen-bond donors (Lipinski definition) is 5. The van der Waals surface area contributed by atoms with Gasteiger partial charge < -0.3 is 21.4 Å². The number of aliphatic carboxylic acids is 2. The van der Waals surface area contributed by atoms with E-state index in [1.54, 1.807) is 0 Å². The highest BCUT2D eigenvalue weighted by molar-refractivity contribution is 5.90. The number of rotatable bonds is 4. The second-order valence-corrected chi connectivity index (χ2v) is 5.30. The number of carboxylic acids is 2. The highest BCUT2D eigenvalue weighted by Crippen LogP contribution is 2.31. The first kappa shape index (κ1) is 18.4. The quantitative estimate of drug-likeness (QED) is 0.418. The van der Waals surface area contributed by atoms with Crippen LogP contribution < -0.4 is 17.0 Å². The maximum Gasteiger partial charge on any atom is 0.331 e. The van der Waals surface area contributed by atoms with Crippen LogP contribution in [0.25, 0.3) is 0 Å². The van der Waals surface area contributed by atoms with Crippen LogP contribution in [-0.4, -0.2) is 22.2 Å². The molecule has 0 fully saturated rings. The fourth-order valence-electron chi connectivity index (χ4n) is 1.97. The summed E-state index contributed by atoms with van der Waals surface area (Å²) in [6.07, 6.45) is 4.43. The Bertz CT molecular complexity index is 621. The third-order valence-electron chi connectivity index (χ3n) is 3.41. The maximum atomic E-state index is 10.8. The molecule has 1 unspecified atom stereocenters. The van der Waals surface area contributed by atoms with Gasteiger partial charge in [-0.1, -0.05) is 30.4 Å². The number of nitrogens with one attached hydrogen (secondary N) is 1. The first-order valence-electron chi connectivity index (χ1n) is 6.93. The number of allylic oxidation sites excluding steroid dienone is 2. The molecule has 0 spiro atoms. The van der Waals surface area contributed by atoms with Crippen molar-refractivity contribution in [3.05, 3.63) is 53.6 Å². The number of benzene rings is 1. The molecule has 1 aromatic carbocycles. The Morgan fingerprint density at radius 3 is 2.57 bits per heavy atom. The van der Waals surface area contributed by atoms with E-state index < -0.39 is 17.4 Å². The zero-order chi connectivity index (χ0) is 17.5. The van der Waals surface area contributed by atoms with E-state index in [1.165, 1.54) is 25.2 Å². The zero-order valence-corrected chi connectivity index (χ0v) is 12.8. The van der Waals surface area contributed by atoms with Crippen molar-refractivity contribution in [2.75, 3.05) is 5.43 Å². The van der Waals surface area contributed by atoms with Gasteiger partial charge >= 0.3 is 11.9 Å². The lowest BCUT2D eigenvalue weighted by Crippen LogP contribution is -2.28. The molecule has 0 aromatic heterocycles. The van der Waals surface area contributed by atoms with Crippen LogP contribution in [0.3, 0.4) is 0 Å². The number of hydrazine groups is 1. The van der Waals surface area contributed by atoms with Gasteiger partial charge in [-0.15, -0.1) is 0 Å². The smallest absolute Gasteiger partial charge is 0.331 e. The summed E-state index contributed by atoms with van der Waals surface area (Å²) >= 11 is 0. The minimum absolute atomic E-state index is 0.0359. The van der Waals surface area contributed by atoms with Crippen LogP contribution in [0.15, 0.2) is 48.1 Å². The topological polar surface area (TPSA) is 139 Å². The van der Waals surface area contributed by atoms with Crippen LogP contribution in [0.1, 0.15) is 18.9 Å². The Morgan fingerprint density at radius 1 is 1.35 bits per heavy atom. The van der Waals surface area contributed by atoms with Gasteiger partial charge in [-0.05, 0) is 31.0 Å². The predicted octanol–water partition coefficient (Wildman–Crippen LogP) is 1.48. The summed E-state index contributed by atoms with van der Waals surface area (Å²) in [5.41, 5.74) is 8.97. The van der Waals surface area contributed by atoms with Crippen LogP contribution in [0.5, 0.6) is 0 Å². The fraction of sp³-hybridized carbons (Fsp3) is 0.250. The summed E-state index contributed by atoms with van der Waals surface area (Å²) in [4.78, 5) is 21.3. The van der Waals surface area contributed by atoms with Gasteiger partial charge in [0.15, 0.2) is 0 Å². The lowest BCUT2D eigenvalue weighted by atomic mass is 9.80. The summed E-state index contributed by atoms with van der Waals surface area (Å²) in [5.74, 6) is 3.12. The maximum absolute atomic E-state index is 10.8. The van der Waals surface area contributed by atoms with E-state index >= 15 is 0 Å². The summed E-state index contributed by atoms with van der Waals surface area (Å²) in [6.45, 7) is 2.05. The minimum atomic E-state index is -1.08. The molecule has 1 atom stereocenters. The summed E-state index contributed by atoms with van der Waals surface area (Å²) < 4.78 is 0. The number of carbonyl (C=O) groups is 2. The van der Waals surface area contributed by atoms with Crippen molar-refractivity contribution in [1.29, 1.82) is 0 Å². The molecule has 0 radical (unpaired) electrons. The van der Waals surface area contributed by atoms with Gasteiger partial charge in [-0.2, -0.15) is 0 Å². The molecule has 23 heavy (non-hydrogen) atoms. The fourth-order valence-corrected chi connectivity index (χ4v) is 1.97. The summed E-state index contributed by atoms with van der Waals surface area (Å²) in [7, 11) is 0. The average Bonchev–Trinajstić information content (AvgIpc) is 2.55. The number of carboxylic acid groups (broad SMARTS) is 2. The lowest BCUT2D eigenvalue weighted by molar-refractivity contribution is -0.145. The van der Waals surface area contributed by atoms with Crippen molar-refractivity contribution in [2.24, 2.45) is 17.0 Å². The second kappa shape index (κ2) is 8.11. The van der Waals surface area contributed by atoms with E-state index in [1.807, 2.05) is 24.3 Å². The molecule has 7 heteroatoms. The van der Waals surface area contributed by atoms with Crippen molar-refractivity contribution in [1.82, 2.24) is 0 Å². The molecule has 0 bridgehead atoms. The van der Waals surface area contributed by atoms with Gasteiger partial charge in [-0.3, -0.25) is 10.6 Å². The first-order valence-corrected chi connectivity index (χ1v) is 6.93. The van der Waals surface area contributed by atoms with Crippen molar-refractivity contribution in [3.8, 4) is 0 Å². The highest BCUT2D eigenvalue weighted by atomic mass is 16.4. The Kier molecular flexibility index (Phi) is 6.49. The number of nitrogen functional groups attached to an aromatic ring is 1. The van der Waals surface area contributed by atoms with E-state index in [0.29, 0.717) is 6.54 Å². The molecule has 1 aromatic rings. The number of nitrogens with two attached hydrogens (primary N) is 2. The van der Waals surface area contributed by atoms with Crippen LogP contribution in [0.2, 0.25) is 0 Å². The molecule has 7 nitrogen and oxygen atoms in total. The average molecular weight is 319 g/mol. The van der Waals surface area contributed by atoms with E-state index in [4.69, 9.17) is 21.8 Å². The third-order valence-corrected chi connectivity index (χ3v) is 3.41. The molecule has 0 saturated carbocycles. The van der Waals surface area contributed by atoms with Gasteiger partial charge in [0.25, 0.3) is 0 Å². The molecule has 1 aliphatic rings. The molecule has 0 aliphatic heterocycles. The summed E-state index contributed by atoms with van der Waals surface area (Å²) in [6, 6.07) is 7.68. The van der Waals surface area contributed by atoms with Crippen molar-refractivity contribution in [3.63, 3.8) is 0 Å². The second-order valence-electron chi connectivity index (χ2n) is 5.30. The molecule has 0 amide bonds. The third kappa shape index (κ3) is 5.24. The van der Waals surface area contributed by atoms with Crippen LogP contribution in [0, 0.1) is 5.41 Å². The van der Waals surface area contributed by atoms with E-state index in [-0.39, 0.29) is 12.0 Å². The van der Waals surface area contributed by atoms with E-state index in [9.17, 15) is 9.59 Å². The van der Waals surface area contributed by atoms with Gasteiger partial charge in [0.2, 0.25) is 0 Å². The molecule has 0 saturated heterocycles. The molecule has 7 N–H and O–H groups in total. The van der Waals surface area contributed by atoms with Crippen LogP contribution >= 0.6 is 0 Å². The Balaban J connectivity index is 0.000000238. The van der Waals surface area contributed by atoms with Crippen molar-refractivity contribution >= 4 is 17.6 Å². The van der Waals surface area contributed by atoms with Gasteiger partial charge in [0.05, 0.1) is 5.41 Å². The highest BCUT2D eigenvalue weighted by Gasteiger charge is 2.34. The molecule has 124 valence electrons. The SMILES string of the molecule is CC1(C(=O)O)C=CC=C(C(=O)O)C1.NCc1cccc(NN)c1. The Morgan fingerprint density at radius 2 is 2.04 bits per heavy atom. The molecule has 1 aliphatic carbocycles. The van der Waals surface area contributed by atoms with E-state index in [0.717, 1.165) is 11.3 Å². The standard InChI is InChI=1S/C9H10O4.C7H11N3/c1-9(8(12)13)4-2-3-6(5-9)7(10)11;8-5-6-2-1-3-7(4-6)10-9/h2-4H,5H2,1H3,(H,10,11)(H,12,13);1-4,10H,5,8-9H2. The molecule has 2 rings (SSSR count). The number of anilines is 1. The van der Waals surface area contributed by atoms with Crippen LogP contribution in [-0.2, 0) is 16.1 Å². The minimum Gasteiger partial charge on any atom is -0.481 e. The van der Waals surface area contributed by atoms with Crippen LogP contribution in [0.4, 0.5) is 5.69 Å². The molecule has 0 heterocycles. The Hall–Kier alpha value is -2.64. The zero-order valence-electron chi connectivity index (χ0n) is 12.8. The van der Waals surface area contributed by atoms with Gasteiger partial charge in [0.1, 0.15) is 0 Å². The first-order chi connectivity index (χ1) is 10.8. The monoisotopic (exact) mass is 319 g/mol. The lowest BCUT2D eigenvalue weighted by Gasteiger charge is -2.23. The van der Waals surface area contributed by atoms with Gasteiger partial charge in [-0.25, -0.2) is 4.79 Å². The van der Waals surface area contributed by atoms with E-state index in [2.05, 4.69) is 5.43 Å². The van der Waals surface area contributed by atoms with Crippen molar-refractivity contribution in [2.45, 2.75) is 19.9 Å². The number of hydrogen-bond acceptors (Lipinski definition) is 5. The Labute approximate surface area is 134 Å².